The first-order valence-electron chi connectivity index (χ1n) is 13.0. The van der Waals surface area contributed by atoms with Crippen LogP contribution in [-0.4, -0.2) is 81.2 Å². The Labute approximate surface area is 219 Å². The van der Waals surface area contributed by atoms with Gasteiger partial charge in [0.05, 0.1) is 4.24 Å². The molecule has 0 atom stereocenters. The van der Waals surface area contributed by atoms with Crippen molar-refractivity contribution in [3.63, 3.8) is 0 Å². The van der Waals surface area contributed by atoms with Crippen LogP contribution in [0.1, 0.15) is 64.2 Å². The lowest BCUT2D eigenvalue weighted by atomic mass is 9.51. The van der Waals surface area contributed by atoms with Crippen molar-refractivity contribution in [2.24, 2.45) is 11.3 Å². The Bertz CT molecular complexity index is 1060. The summed E-state index contributed by atoms with van der Waals surface area (Å²) in [6.07, 6.45) is 8.28. The minimum absolute atomic E-state index is 0.0513. The van der Waals surface area contributed by atoms with Gasteiger partial charge in [-0.1, -0.05) is 6.42 Å². The molecule has 0 radical (unpaired) electrons. The van der Waals surface area contributed by atoms with Gasteiger partial charge in [0.2, 0.25) is 0 Å². The van der Waals surface area contributed by atoms with Gasteiger partial charge in [0.25, 0.3) is 17.7 Å². The van der Waals surface area contributed by atoms with Crippen molar-refractivity contribution in [2.45, 2.75) is 75.8 Å². The summed E-state index contributed by atoms with van der Waals surface area (Å²) in [6, 6.07) is -1.06. The number of carbonyl (C=O) groups is 5. The molecule has 36 heavy (non-hydrogen) atoms. The highest BCUT2D eigenvalue weighted by molar-refractivity contribution is 8.22. The Kier molecular flexibility index (Phi) is 5.94. The standard InChI is InChI=1S/C25H32N4O5S2/c1-27-21(32)25(26-22(27)33)13-24(14-25)8-6-16(7-9-24)29-19(31)17(20-35-10-3-11-36-20)18(30)28(23(29)34)12-15-4-2-5-15/h15-16H,2-14H2,1H3,(H,26,33). The number of thioether (sulfide) groups is 2. The third-order valence-corrected chi connectivity index (χ3v) is 11.7. The van der Waals surface area contributed by atoms with Crippen molar-refractivity contribution in [2.75, 3.05) is 25.1 Å². The van der Waals surface area contributed by atoms with Crippen molar-refractivity contribution in [3.05, 3.63) is 9.81 Å². The van der Waals surface area contributed by atoms with Gasteiger partial charge in [0.1, 0.15) is 11.1 Å². The minimum Gasteiger partial charge on any atom is -0.323 e. The van der Waals surface area contributed by atoms with E-state index in [0.717, 1.165) is 59.2 Å². The SMILES string of the molecule is CN1C(=O)NC2(CC3(CCC(N4C(=O)C(=C5SCCCS5)C(=O)N(CC5CCC5)C4=O)CC3)C2)C1=O. The molecular weight excluding hydrogens is 500 g/mol. The van der Waals surface area contributed by atoms with Crippen LogP contribution in [0.4, 0.5) is 9.59 Å². The molecule has 194 valence electrons. The molecular formula is C25H32N4O5S2. The number of rotatable bonds is 3. The zero-order valence-electron chi connectivity index (χ0n) is 20.5. The van der Waals surface area contributed by atoms with Gasteiger partial charge in [0.15, 0.2) is 0 Å². The fourth-order valence-electron chi connectivity index (χ4n) is 6.87. The van der Waals surface area contributed by atoms with Crippen LogP contribution in [0.25, 0.3) is 0 Å². The third-order valence-electron chi connectivity index (χ3n) is 9.05. The smallest absolute Gasteiger partial charge is 0.323 e. The van der Waals surface area contributed by atoms with Crippen LogP contribution in [0.5, 0.6) is 0 Å². The summed E-state index contributed by atoms with van der Waals surface area (Å²) in [5.41, 5.74) is -0.646. The molecule has 9 nitrogen and oxygen atoms in total. The van der Waals surface area contributed by atoms with Crippen molar-refractivity contribution in [3.8, 4) is 0 Å². The molecule has 1 N–H and O–H groups in total. The number of nitrogens with one attached hydrogen (secondary N) is 1. The predicted octanol–water partition coefficient (Wildman–Crippen LogP) is 3.30. The monoisotopic (exact) mass is 532 g/mol. The molecule has 2 spiro atoms. The number of hydrogen-bond acceptors (Lipinski definition) is 7. The number of imide groups is 3. The highest BCUT2D eigenvalue weighted by Gasteiger charge is 2.64. The number of likely N-dealkylation sites (N-methyl/N-ethyl adjacent to an activating group) is 1. The first-order chi connectivity index (χ1) is 17.2. The Morgan fingerprint density at radius 1 is 0.917 bits per heavy atom. The molecule has 3 heterocycles. The second kappa shape index (κ2) is 8.79. The number of barbiturate groups is 1. The Morgan fingerprint density at radius 2 is 1.58 bits per heavy atom. The summed E-state index contributed by atoms with van der Waals surface area (Å²) in [4.78, 5) is 69.2. The van der Waals surface area contributed by atoms with E-state index < -0.39 is 23.4 Å². The fraction of sp³-hybridized carbons (Fsp3) is 0.720. The summed E-state index contributed by atoms with van der Waals surface area (Å²) in [6.45, 7) is 0.391. The van der Waals surface area contributed by atoms with Crippen LogP contribution >= 0.6 is 23.5 Å². The van der Waals surface area contributed by atoms with Crippen LogP contribution in [0.3, 0.4) is 0 Å². The first kappa shape index (κ1) is 24.3. The van der Waals surface area contributed by atoms with Crippen LogP contribution in [0, 0.1) is 11.3 Å². The normalized spacial score (nSPS) is 35.6. The molecule has 3 saturated carbocycles. The van der Waals surface area contributed by atoms with Gasteiger partial charge in [-0.25, -0.2) is 9.59 Å². The number of hydrogen-bond donors (Lipinski definition) is 1. The molecule has 0 unspecified atom stereocenters. The van der Waals surface area contributed by atoms with Gasteiger partial charge in [-0.3, -0.25) is 29.1 Å². The van der Waals surface area contributed by atoms with Crippen molar-refractivity contribution in [1.29, 1.82) is 0 Å². The van der Waals surface area contributed by atoms with E-state index in [9.17, 15) is 24.0 Å². The van der Waals surface area contributed by atoms with Crippen LogP contribution < -0.4 is 5.32 Å². The van der Waals surface area contributed by atoms with Crippen molar-refractivity contribution < 1.29 is 24.0 Å². The van der Waals surface area contributed by atoms with E-state index in [2.05, 4.69) is 5.32 Å². The van der Waals surface area contributed by atoms with Gasteiger partial charge >= 0.3 is 12.1 Å². The molecule has 7 amide bonds. The van der Waals surface area contributed by atoms with E-state index >= 15 is 0 Å². The van der Waals surface area contributed by atoms with Gasteiger partial charge in [-0.15, -0.1) is 23.5 Å². The zero-order valence-corrected chi connectivity index (χ0v) is 22.2. The van der Waals surface area contributed by atoms with E-state index in [4.69, 9.17) is 0 Å². The predicted molar refractivity (Wildman–Crippen MR) is 136 cm³/mol. The number of nitrogens with zero attached hydrogens (tertiary/aromatic N) is 3. The molecule has 6 aliphatic rings. The molecule has 6 rings (SSSR count). The van der Waals surface area contributed by atoms with Gasteiger partial charge in [-0.2, -0.15) is 0 Å². The Hall–Kier alpha value is -2.01. The molecule has 3 saturated heterocycles. The molecule has 0 aromatic carbocycles. The van der Waals surface area contributed by atoms with E-state index in [0.29, 0.717) is 38.1 Å². The largest absolute Gasteiger partial charge is 0.334 e. The quantitative estimate of drug-likeness (QED) is 0.338. The molecule has 3 aliphatic carbocycles. The summed E-state index contributed by atoms with van der Waals surface area (Å²) < 4.78 is 0.764. The third kappa shape index (κ3) is 3.71. The maximum Gasteiger partial charge on any atom is 0.334 e. The molecule has 11 heteroatoms. The molecule has 3 aliphatic heterocycles. The van der Waals surface area contributed by atoms with Crippen LogP contribution in [-0.2, 0) is 14.4 Å². The second-order valence-electron chi connectivity index (χ2n) is 11.3. The van der Waals surface area contributed by atoms with E-state index in [1.54, 1.807) is 23.5 Å². The number of carbonyl (C=O) groups excluding carboxylic acids is 5. The summed E-state index contributed by atoms with van der Waals surface area (Å²) >= 11 is 3.11. The summed E-state index contributed by atoms with van der Waals surface area (Å²) in [7, 11) is 1.51. The molecule has 0 aromatic rings. The molecule has 0 bridgehead atoms. The van der Waals surface area contributed by atoms with Crippen molar-refractivity contribution in [1.82, 2.24) is 20.0 Å². The van der Waals surface area contributed by atoms with Crippen molar-refractivity contribution >= 4 is 53.3 Å². The molecule has 6 fully saturated rings. The second-order valence-corrected chi connectivity index (χ2v) is 13.8. The Balaban J connectivity index is 1.20. The lowest BCUT2D eigenvalue weighted by Gasteiger charge is -2.56. The summed E-state index contributed by atoms with van der Waals surface area (Å²) in [5.74, 6) is 1.06. The average Bonchev–Trinajstić information content (AvgIpc) is 3.03. The molecule has 0 aromatic heterocycles. The first-order valence-corrected chi connectivity index (χ1v) is 15.0. The van der Waals surface area contributed by atoms with E-state index in [-0.39, 0.29) is 29.0 Å². The zero-order chi connectivity index (χ0) is 25.2. The summed E-state index contributed by atoms with van der Waals surface area (Å²) in [5, 5.41) is 2.87. The van der Waals surface area contributed by atoms with Gasteiger partial charge in [0, 0.05) is 19.6 Å². The fourth-order valence-corrected chi connectivity index (χ4v) is 9.47. The van der Waals surface area contributed by atoms with Gasteiger partial charge in [-0.05, 0) is 80.6 Å². The van der Waals surface area contributed by atoms with Crippen LogP contribution in [0.2, 0.25) is 0 Å². The number of urea groups is 2. The maximum atomic E-state index is 13.7. The topological polar surface area (TPSA) is 107 Å². The Morgan fingerprint density at radius 3 is 2.14 bits per heavy atom. The van der Waals surface area contributed by atoms with Crippen LogP contribution in [0.15, 0.2) is 9.81 Å². The highest BCUT2D eigenvalue weighted by atomic mass is 32.2. The van der Waals surface area contributed by atoms with Gasteiger partial charge < -0.3 is 5.32 Å². The lowest BCUT2D eigenvalue weighted by Crippen LogP contribution is -2.65. The lowest BCUT2D eigenvalue weighted by molar-refractivity contribution is -0.143. The highest BCUT2D eigenvalue weighted by Crippen LogP contribution is 2.58. The maximum absolute atomic E-state index is 13.7. The average molecular weight is 533 g/mol. The van der Waals surface area contributed by atoms with E-state index in [1.165, 1.54) is 16.8 Å². The number of amides is 7. The minimum atomic E-state index is -0.783. The van der Waals surface area contributed by atoms with E-state index in [1.807, 2.05) is 0 Å².